The van der Waals surface area contributed by atoms with E-state index in [4.69, 9.17) is 0 Å². The Morgan fingerprint density at radius 2 is 1.94 bits per heavy atom. The number of carbonyl (C=O) groups is 1. The molecule has 0 aliphatic heterocycles. The topological polar surface area (TPSA) is 92.5 Å². The number of nitro benzene ring substituents is 1. The molecular formula is C12H10N2O4. The van der Waals surface area contributed by atoms with Crippen LogP contribution in [-0.4, -0.2) is 15.9 Å². The zero-order valence-electron chi connectivity index (χ0n) is 9.51. The van der Waals surface area contributed by atoms with Crippen LogP contribution < -0.4 is 5.32 Å². The lowest BCUT2D eigenvalue weighted by Crippen LogP contribution is -2.06. The second-order valence-corrected chi connectivity index (χ2v) is 3.78. The van der Waals surface area contributed by atoms with E-state index in [1.807, 2.05) is 0 Å². The van der Waals surface area contributed by atoms with E-state index in [0.29, 0.717) is 16.5 Å². The molecule has 0 aliphatic rings. The number of nitrogens with zero attached hydrogens (tertiary/aromatic N) is 1. The highest BCUT2D eigenvalue weighted by Crippen LogP contribution is 2.38. The number of nitro groups is 1. The Morgan fingerprint density at radius 1 is 1.33 bits per heavy atom. The van der Waals surface area contributed by atoms with Crippen molar-refractivity contribution in [2.45, 2.75) is 6.92 Å². The molecule has 0 aliphatic carbocycles. The Labute approximate surface area is 102 Å². The summed E-state index contributed by atoms with van der Waals surface area (Å²) in [5.41, 5.74) is -0.125. The van der Waals surface area contributed by atoms with Crippen molar-refractivity contribution < 1.29 is 14.8 Å². The fraction of sp³-hybridized carbons (Fsp3) is 0.0833. The van der Waals surface area contributed by atoms with Crippen LogP contribution in [-0.2, 0) is 4.79 Å². The number of phenolic OH excluding ortho intramolecular Hbond substituents is 1. The number of benzene rings is 2. The van der Waals surface area contributed by atoms with Crippen LogP contribution >= 0.6 is 0 Å². The van der Waals surface area contributed by atoms with E-state index in [-0.39, 0.29) is 5.91 Å². The third-order valence-electron chi connectivity index (χ3n) is 2.50. The van der Waals surface area contributed by atoms with Gasteiger partial charge in [0.1, 0.15) is 0 Å². The van der Waals surface area contributed by atoms with Crippen LogP contribution in [0.3, 0.4) is 0 Å². The number of fused-ring (bicyclic) bond motifs is 1. The number of hydrogen-bond donors (Lipinski definition) is 2. The number of nitrogens with one attached hydrogen (secondary N) is 1. The summed E-state index contributed by atoms with van der Waals surface area (Å²) in [6.45, 7) is 1.31. The van der Waals surface area contributed by atoms with Gasteiger partial charge in [-0.15, -0.1) is 0 Å². The lowest BCUT2D eigenvalue weighted by atomic mass is 10.1. The van der Waals surface area contributed by atoms with E-state index < -0.39 is 16.4 Å². The first kappa shape index (κ1) is 11.8. The molecule has 0 aromatic heterocycles. The summed E-state index contributed by atoms with van der Waals surface area (Å²) in [6.07, 6.45) is 0. The average Bonchev–Trinajstić information content (AvgIpc) is 2.32. The van der Waals surface area contributed by atoms with Crippen LogP contribution in [0.1, 0.15) is 6.92 Å². The van der Waals surface area contributed by atoms with Gasteiger partial charge in [-0.25, -0.2) is 0 Å². The van der Waals surface area contributed by atoms with Crippen LogP contribution in [0.15, 0.2) is 30.3 Å². The zero-order valence-corrected chi connectivity index (χ0v) is 9.51. The molecule has 0 unspecified atom stereocenters. The van der Waals surface area contributed by atoms with Crippen LogP contribution in [0.5, 0.6) is 5.75 Å². The predicted molar refractivity (Wildman–Crippen MR) is 66.6 cm³/mol. The first-order valence-corrected chi connectivity index (χ1v) is 5.17. The minimum absolute atomic E-state index is 0.308. The zero-order chi connectivity index (χ0) is 13.3. The summed E-state index contributed by atoms with van der Waals surface area (Å²) in [5, 5.41) is 24.1. The number of aromatic hydroxyl groups is 1. The summed E-state index contributed by atoms with van der Waals surface area (Å²) >= 11 is 0. The number of rotatable bonds is 2. The summed E-state index contributed by atoms with van der Waals surface area (Å²) in [5.74, 6) is -0.732. The molecule has 0 saturated carbocycles. The SMILES string of the molecule is CC(=O)Nc1cc([N+](=O)[O-])c(O)c2ccccc12. The maximum atomic E-state index is 11.1. The monoisotopic (exact) mass is 246 g/mol. The molecule has 2 rings (SSSR count). The van der Waals surface area contributed by atoms with E-state index in [1.165, 1.54) is 6.92 Å². The van der Waals surface area contributed by atoms with Crippen molar-refractivity contribution in [1.82, 2.24) is 0 Å². The van der Waals surface area contributed by atoms with Crippen LogP contribution in [0.2, 0.25) is 0 Å². The highest BCUT2D eigenvalue weighted by atomic mass is 16.6. The average molecular weight is 246 g/mol. The summed E-state index contributed by atoms with van der Waals surface area (Å²) in [7, 11) is 0. The van der Waals surface area contributed by atoms with Crippen molar-refractivity contribution in [3.63, 3.8) is 0 Å². The molecule has 6 heteroatoms. The molecule has 0 heterocycles. The summed E-state index contributed by atoms with van der Waals surface area (Å²) < 4.78 is 0. The fourth-order valence-electron chi connectivity index (χ4n) is 1.78. The van der Waals surface area contributed by atoms with Gasteiger partial charge in [0.05, 0.1) is 10.6 Å². The predicted octanol–water partition coefficient (Wildman–Crippen LogP) is 2.41. The smallest absolute Gasteiger partial charge is 0.313 e. The highest BCUT2D eigenvalue weighted by Gasteiger charge is 2.19. The molecule has 92 valence electrons. The largest absolute Gasteiger partial charge is 0.502 e. The van der Waals surface area contributed by atoms with Gasteiger partial charge in [0, 0.05) is 23.8 Å². The maximum absolute atomic E-state index is 11.1. The minimum Gasteiger partial charge on any atom is -0.502 e. The van der Waals surface area contributed by atoms with Crippen molar-refractivity contribution in [3.05, 3.63) is 40.4 Å². The van der Waals surface area contributed by atoms with Gasteiger partial charge in [0.2, 0.25) is 11.7 Å². The van der Waals surface area contributed by atoms with Gasteiger partial charge >= 0.3 is 5.69 Å². The summed E-state index contributed by atoms with van der Waals surface area (Å²) in [4.78, 5) is 21.2. The van der Waals surface area contributed by atoms with Crippen LogP contribution in [0.25, 0.3) is 10.8 Å². The van der Waals surface area contributed by atoms with Crippen LogP contribution in [0, 0.1) is 10.1 Å². The lowest BCUT2D eigenvalue weighted by Gasteiger charge is -2.08. The van der Waals surface area contributed by atoms with Gasteiger partial charge in [0.15, 0.2) is 0 Å². The molecule has 0 spiro atoms. The van der Waals surface area contributed by atoms with E-state index >= 15 is 0 Å². The van der Waals surface area contributed by atoms with Crippen molar-refractivity contribution in [1.29, 1.82) is 0 Å². The number of amides is 1. The normalized spacial score (nSPS) is 10.3. The van der Waals surface area contributed by atoms with Crippen molar-refractivity contribution in [3.8, 4) is 5.75 Å². The summed E-state index contributed by atoms with van der Waals surface area (Å²) in [6, 6.07) is 7.76. The van der Waals surface area contributed by atoms with Gasteiger partial charge in [-0.3, -0.25) is 14.9 Å². The van der Waals surface area contributed by atoms with Gasteiger partial charge in [-0.1, -0.05) is 24.3 Å². The molecule has 0 radical (unpaired) electrons. The standard InChI is InChI=1S/C12H10N2O4/c1-7(15)13-10-6-11(14(17)18)12(16)9-5-3-2-4-8(9)10/h2-6,16H,1H3,(H,13,15). The second-order valence-electron chi connectivity index (χ2n) is 3.78. The Hall–Kier alpha value is -2.63. The van der Waals surface area contributed by atoms with Gasteiger partial charge in [-0.2, -0.15) is 0 Å². The molecule has 2 aromatic rings. The lowest BCUT2D eigenvalue weighted by molar-refractivity contribution is -0.385. The quantitative estimate of drug-likeness (QED) is 0.483. The molecule has 0 saturated heterocycles. The second kappa shape index (κ2) is 4.33. The van der Waals surface area contributed by atoms with E-state index in [1.54, 1.807) is 24.3 Å². The van der Waals surface area contributed by atoms with Crippen molar-refractivity contribution in [2.24, 2.45) is 0 Å². The molecule has 6 nitrogen and oxygen atoms in total. The first-order chi connectivity index (χ1) is 8.50. The third-order valence-corrected chi connectivity index (χ3v) is 2.50. The molecule has 2 N–H and O–H groups in total. The highest BCUT2D eigenvalue weighted by molar-refractivity contribution is 6.05. The van der Waals surface area contributed by atoms with Crippen molar-refractivity contribution >= 4 is 28.1 Å². The Balaban J connectivity index is 2.79. The number of carbonyl (C=O) groups excluding carboxylic acids is 1. The minimum atomic E-state index is -0.687. The van der Waals surface area contributed by atoms with Gasteiger partial charge in [-0.05, 0) is 0 Å². The molecule has 2 aromatic carbocycles. The van der Waals surface area contributed by atoms with Crippen LogP contribution in [0.4, 0.5) is 11.4 Å². The molecule has 1 amide bonds. The molecular weight excluding hydrogens is 236 g/mol. The molecule has 0 bridgehead atoms. The van der Waals surface area contributed by atoms with E-state index in [2.05, 4.69) is 5.32 Å². The van der Waals surface area contributed by atoms with Crippen molar-refractivity contribution in [2.75, 3.05) is 5.32 Å². The number of hydrogen-bond acceptors (Lipinski definition) is 4. The Kier molecular flexibility index (Phi) is 2.85. The molecule has 18 heavy (non-hydrogen) atoms. The maximum Gasteiger partial charge on any atom is 0.313 e. The number of anilines is 1. The molecule has 0 atom stereocenters. The Morgan fingerprint density at radius 3 is 2.50 bits per heavy atom. The number of phenols is 1. The third kappa shape index (κ3) is 1.95. The fourth-order valence-corrected chi connectivity index (χ4v) is 1.78. The first-order valence-electron chi connectivity index (χ1n) is 5.17. The van der Waals surface area contributed by atoms with Gasteiger partial charge in [0.25, 0.3) is 0 Å². The van der Waals surface area contributed by atoms with E-state index in [9.17, 15) is 20.0 Å². The van der Waals surface area contributed by atoms with Gasteiger partial charge < -0.3 is 10.4 Å². The van der Waals surface area contributed by atoms with E-state index in [0.717, 1.165) is 6.07 Å². The Bertz CT molecular complexity index is 652. The molecule has 0 fully saturated rings.